The lowest BCUT2D eigenvalue weighted by molar-refractivity contribution is -0.157. The average Bonchev–Trinajstić information content (AvgIpc) is 2.97. The van der Waals surface area contributed by atoms with E-state index in [4.69, 9.17) is 4.74 Å². The van der Waals surface area contributed by atoms with Crippen molar-refractivity contribution in [1.82, 2.24) is 15.2 Å². The Kier molecular flexibility index (Phi) is 5.96. The maximum absolute atomic E-state index is 12.8. The van der Waals surface area contributed by atoms with Gasteiger partial charge in [0.25, 0.3) is 17.7 Å². The van der Waals surface area contributed by atoms with Crippen molar-refractivity contribution in [3.05, 3.63) is 65.5 Å². The van der Waals surface area contributed by atoms with Crippen LogP contribution in [-0.2, 0) is 14.3 Å². The minimum absolute atomic E-state index is 0.235. The number of benzene rings is 1. The minimum atomic E-state index is -1.31. The number of hydrogen-bond donors (Lipinski definition) is 1. The SMILES string of the molecule is CCC(C)(C)NC(=O)C(OC(=O)CN1C(=O)c2ccccc2C1=O)c1ccccn1. The predicted octanol–water partition coefficient (Wildman–Crippen LogP) is 2.27. The second-order valence-corrected chi connectivity index (χ2v) is 7.59. The highest BCUT2D eigenvalue weighted by Crippen LogP contribution is 2.23. The summed E-state index contributed by atoms with van der Waals surface area (Å²) in [6, 6.07) is 11.3. The zero-order chi connectivity index (χ0) is 21.9. The molecule has 0 fully saturated rings. The van der Waals surface area contributed by atoms with Gasteiger partial charge in [0, 0.05) is 11.7 Å². The summed E-state index contributed by atoms with van der Waals surface area (Å²) in [5, 5.41) is 2.83. The van der Waals surface area contributed by atoms with E-state index in [1.54, 1.807) is 30.3 Å². The molecule has 0 aliphatic carbocycles. The quantitative estimate of drug-likeness (QED) is 0.555. The molecule has 1 N–H and O–H groups in total. The van der Waals surface area contributed by atoms with Crippen molar-refractivity contribution in [2.45, 2.75) is 38.8 Å². The van der Waals surface area contributed by atoms with Gasteiger partial charge in [0.1, 0.15) is 6.54 Å². The van der Waals surface area contributed by atoms with Crippen LogP contribution in [0, 0.1) is 0 Å². The topological polar surface area (TPSA) is 106 Å². The van der Waals surface area contributed by atoms with E-state index in [-0.39, 0.29) is 16.8 Å². The van der Waals surface area contributed by atoms with Crippen LogP contribution in [0.5, 0.6) is 0 Å². The Balaban J connectivity index is 1.77. The molecule has 0 saturated carbocycles. The van der Waals surface area contributed by atoms with Gasteiger partial charge < -0.3 is 10.1 Å². The van der Waals surface area contributed by atoms with E-state index in [0.717, 1.165) is 4.90 Å². The van der Waals surface area contributed by atoms with Gasteiger partial charge >= 0.3 is 5.97 Å². The van der Waals surface area contributed by atoms with Gasteiger partial charge in [-0.1, -0.05) is 25.1 Å². The number of nitrogens with one attached hydrogen (secondary N) is 1. The maximum Gasteiger partial charge on any atom is 0.327 e. The smallest absolute Gasteiger partial charge is 0.327 e. The first-order valence-electron chi connectivity index (χ1n) is 9.61. The molecule has 1 unspecified atom stereocenters. The Hall–Kier alpha value is -3.55. The number of pyridine rings is 1. The van der Waals surface area contributed by atoms with Gasteiger partial charge in [-0.2, -0.15) is 0 Å². The molecule has 1 aromatic heterocycles. The highest BCUT2D eigenvalue weighted by Gasteiger charge is 2.38. The van der Waals surface area contributed by atoms with Crippen molar-refractivity contribution < 1.29 is 23.9 Å². The molecule has 1 aliphatic rings. The number of rotatable bonds is 7. The first-order chi connectivity index (χ1) is 14.2. The number of hydrogen-bond acceptors (Lipinski definition) is 6. The molecule has 30 heavy (non-hydrogen) atoms. The Labute approximate surface area is 174 Å². The molecule has 0 saturated heterocycles. The molecule has 2 aromatic rings. The standard InChI is InChI=1S/C22H23N3O5/c1-4-22(2,3)24-19(27)18(16-11-7-8-12-23-16)30-17(26)13-25-20(28)14-9-5-6-10-15(14)21(25)29/h5-12,18H,4,13H2,1-3H3,(H,24,27). The number of ether oxygens (including phenoxy) is 1. The summed E-state index contributed by atoms with van der Waals surface area (Å²) in [5.74, 6) is -2.56. The van der Waals surface area contributed by atoms with Gasteiger partial charge in [0.15, 0.2) is 0 Å². The number of nitrogens with zero attached hydrogens (tertiary/aromatic N) is 2. The number of carbonyl (C=O) groups excluding carboxylic acids is 4. The molecule has 2 heterocycles. The summed E-state index contributed by atoms with van der Waals surface area (Å²) in [7, 11) is 0. The molecule has 0 spiro atoms. The van der Waals surface area contributed by atoms with E-state index in [0.29, 0.717) is 6.42 Å². The Morgan fingerprint density at radius 3 is 2.20 bits per heavy atom. The van der Waals surface area contributed by atoms with Crippen LogP contribution in [0.15, 0.2) is 48.7 Å². The zero-order valence-electron chi connectivity index (χ0n) is 17.0. The van der Waals surface area contributed by atoms with Crippen LogP contribution < -0.4 is 5.32 Å². The van der Waals surface area contributed by atoms with E-state index in [9.17, 15) is 19.2 Å². The second-order valence-electron chi connectivity index (χ2n) is 7.59. The maximum atomic E-state index is 12.8. The van der Waals surface area contributed by atoms with Gasteiger partial charge in [-0.15, -0.1) is 0 Å². The van der Waals surface area contributed by atoms with Crippen LogP contribution in [0.3, 0.4) is 0 Å². The molecule has 8 heteroatoms. The molecule has 3 rings (SSSR count). The highest BCUT2D eigenvalue weighted by atomic mass is 16.5. The summed E-state index contributed by atoms with van der Waals surface area (Å²) < 4.78 is 5.39. The van der Waals surface area contributed by atoms with Gasteiger partial charge in [0.2, 0.25) is 6.10 Å². The molecule has 1 aromatic carbocycles. The molecule has 156 valence electrons. The van der Waals surface area contributed by atoms with Crippen LogP contribution >= 0.6 is 0 Å². The predicted molar refractivity (Wildman–Crippen MR) is 107 cm³/mol. The number of aromatic nitrogens is 1. The number of fused-ring (bicyclic) bond motifs is 1. The number of esters is 1. The lowest BCUT2D eigenvalue weighted by Crippen LogP contribution is -2.46. The van der Waals surface area contributed by atoms with E-state index < -0.39 is 41.9 Å². The number of carbonyl (C=O) groups is 4. The first-order valence-corrected chi connectivity index (χ1v) is 9.61. The van der Waals surface area contributed by atoms with Crippen molar-refractivity contribution >= 4 is 23.7 Å². The average molecular weight is 409 g/mol. The zero-order valence-corrected chi connectivity index (χ0v) is 17.0. The minimum Gasteiger partial charge on any atom is -0.444 e. The van der Waals surface area contributed by atoms with E-state index in [1.165, 1.54) is 18.3 Å². The fourth-order valence-corrected chi connectivity index (χ4v) is 2.95. The van der Waals surface area contributed by atoms with E-state index in [2.05, 4.69) is 10.3 Å². The van der Waals surface area contributed by atoms with E-state index in [1.807, 2.05) is 20.8 Å². The lowest BCUT2D eigenvalue weighted by Gasteiger charge is -2.27. The summed E-state index contributed by atoms with van der Waals surface area (Å²) in [6.07, 6.45) is 0.842. The van der Waals surface area contributed by atoms with Crippen LogP contribution in [0.4, 0.5) is 0 Å². The Bertz CT molecular complexity index is 952. The normalized spacial score (nSPS) is 14.3. The van der Waals surface area contributed by atoms with Crippen molar-refractivity contribution in [3.63, 3.8) is 0 Å². The van der Waals surface area contributed by atoms with Crippen LogP contribution in [-0.4, -0.2) is 45.7 Å². The third kappa shape index (κ3) is 4.37. The molecule has 8 nitrogen and oxygen atoms in total. The summed E-state index contributed by atoms with van der Waals surface area (Å²) in [5.41, 5.74) is 0.203. The number of amides is 3. The fraction of sp³-hybridized carbons (Fsp3) is 0.318. The first kappa shape index (κ1) is 21.2. The summed E-state index contributed by atoms with van der Waals surface area (Å²) in [6.45, 7) is 5.02. The Morgan fingerprint density at radius 1 is 1.07 bits per heavy atom. The molecular formula is C22H23N3O5. The van der Waals surface area contributed by atoms with Crippen molar-refractivity contribution in [2.24, 2.45) is 0 Å². The largest absolute Gasteiger partial charge is 0.444 e. The van der Waals surface area contributed by atoms with Crippen molar-refractivity contribution in [3.8, 4) is 0 Å². The van der Waals surface area contributed by atoms with Crippen LogP contribution in [0.2, 0.25) is 0 Å². The lowest BCUT2D eigenvalue weighted by atomic mass is 10.0. The van der Waals surface area contributed by atoms with Crippen LogP contribution in [0.25, 0.3) is 0 Å². The molecule has 1 aliphatic heterocycles. The number of imide groups is 1. The fourth-order valence-electron chi connectivity index (χ4n) is 2.95. The molecule has 0 bridgehead atoms. The van der Waals surface area contributed by atoms with Gasteiger partial charge in [-0.05, 0) is 44.5 Å². The molecule has 0 radical (unpaired) electrons. The molecule has 3 amide bonds. The monoisotopic (exact) mass is 409 g/mol. The van der Waals surface area contributed by atoms with Crippen molar-refractivity contribution in [1.29, 1.82) is 0 Å². The summed E-state index contributed by atoms with van der Waals surface area (Å²) in [4.78, 5) is 55.3. The van der Waals surface area contributed by atoms with E-state index >= 15 is 0 Å². The third-order valence-electron chi connectivity index (χ3n) is 4.95. The Morgan fingerprint density at radius 2 is 1.67 bits per heavy atom. The third-order valence-corrected chi connectivity index (χ3v) is 4.95. The van der Waals surface area contributed by atoms with Gasteiger partial charge in [-0.25, -0.2) is 0 Å². The second kappa shape index (κ2) is 8.44. The van der Waals surface area contributed by atoms with Gasteiger partial charge in [-0.3, -0.25) is 29.1 Å². The van der Waals surface area contributed by atoms with Crippen molar-refractivity contribution in [2.75, 3.05) is 6.54 Å². The highest BCUT2D eigenvalue weighted by molar-refractivity contribution is 6.22. The van der Waals surface area contributed by atoms with Crippen LogP contribution in [0.1, 0.15) is 59.7 Å². The molecule has 1 atom stereocenters. The molecular weight excluding hydrogens is 386 g/mol. The summed E-state index contributed by atoms with van der Waals surface area (Å²) >= 11 is 0. The van der Waals surface area contributed by atoms with Gasteiger partial charge in [0.05, 0.1) is 16.8 Å².